The third-order valence-corrected chi connectivity index (χ3v) is 4.49. The topological polar surface area (TPSA) is 15.3 Å². The zero-order valence-corrected chi connectivity index (χ0v) is 13.1. The van der Waals surface area contributed by atoms with E-state index in [2.05, 4.69) is 41.8 Å². The lowest BCUT2D eigenvalue weighted by Crippen LogP contribution is -2.30. The second-order valence-corrected chi connectivity index (χ2v) is 6.25. The highest BCUT2D eigenvalue weighted by molar-refractivity contribution is 7.10. The molecule has 0 radical (unpaired) electrons. The van der Waals surface area contributed by atoms with Crippen LogP contribution in [0.15, 0.2) is 35.7 Å². The number of benzene rings is 1. The zero-order valence-electron chi connectivity index (χ0n) is 11.6. The molecule has 2 nitrogen and oxygen atoms in total. The molecule has 0 aliphatic rings. The van der Waals surface area contributed by atoms with E-state index in [-0.39, 0.29) is 5.82 Å². The third kappa shape index (κ3) is 4.03. The van der Waals surface area contributed by atoms with Gasteiger partial charge in [-0.3, -0.25) is 0 Å². The molecule has 2 rings (SSSR count). The number of likely N-dealkylation sites (N-methyl/N-ethyl adjacent to an activating group) is 1. The summed E-state index contributed by atoms with van der Waals surface area (Å²) in [4.78, 5) is 3.51. The Labute approximate surface area is 128 Å². The van der Waals surface area contributed by atoms with Gasteiger partial charge in [-0.2, -0.15) is 0 Å². The van der Waals surface area contributed by atoms with Gasteiger partial charge in [0.25, 0.3) is 0 Å². The quantitative estimate of drug-likeness (QED) is 0.869. The predicted molar refractivity (Wildman–Crippen MR) is 83.9 cm³/mol. The van der Waals surface area contributed by atoms with Crippen molar-refractivity contribution in [2.24, 2.45) is 0 Å². The maximum absolute atomic E-state index is 13.0. The molecule has 1 unspecified atom stereocenters. The Bertz CT molecular complexity index is 543. The minimum atomic E-state index is -0.302. The van der Waals surface area contributed by atoms with Gasteiger partial charge in [0.05, 0.1) is 6.04 Å². The molecular weight excluding hydrogens is 295 g/mol. The average molecular weight is 313 g/mol. The van der Waals surface area contributed by atoms with E-state index in [0.29, 0.717) is 17.6 Å². The first-order valence-electron chi connectivity index (χ1n) is 6.42. The van der Waals surface area contributed by atoms with Crippen molar-refractivity contribution >= 4 is 22.9 Å². The van der Waals surface area contributed by atoms with Crippen molar-refractivity contribution in [3.63, 3.8) is 0 Å². The molecule has 2 aromatic rings. The van der Waals surface area contributed by atoms with Gasteiger partial charge in [0.1, 0.15) is 5.82 Å². The molecule has 0 bridgehead atoms. The smallest absolute Gasteiger partial charge is 0.124 e. The summed E-state index contributed by atoms with van der Waals surface area (Å²) in [5.41, 5.74) is 0.914. The summed E-state index contributed by atoms with van der Waals surface area (Å²) in [6, 6.07) is 9.04. The summed E-state index contributed by atoms with van der Waals surface area (Å²) >= 11 is 7.77. The summed E-state index contributed by atoms with van der Waals surface area (Å²) in [5.74, 6) is -0.302. The van der Waals surface area contributed by atoms with Crippen LogP contribution < -0.4 is 5.32 Å². The van der Waals surface area contributed by atoms with E-state index >= 15 is 0 Å². The lowest BCUT2D eigenvalue weighted by molar-refractivity contribution is 0.292. The van der Waals surface area contributed by atoms with E-state index in [0.717, 1.165) is 12.1 Å². The number of halogens is 2. The van der Waals surface area contributed by atoms with E-state index in [1.165, 1.54) is 17.0 Å². The first kappa shape index (κ1) is 15.4. The monoisotopic (exact) mass is 312 g/mol. The van der Waals surface area contributed by atoms with Crippen molar-refractivity contribution in [3.05, 3.63) is 57.0 Å². The van der Waals surface area contributed by atoms with Crippen molar-refractivity contribution in [2.75, 3.05) is 20.6 Å². The third-order valence-electron chi connectivity index (χ3n) is 3.16. The van der Waals surface area contributed by atoms with Crippen LogP contribution in [0.5, 0.6) is 0 Å². The highest BCUT2D eigenvalue weighted by Crippen LogP contribution is 2.23. The summed E-state index contributed by atoms with van der Waals surface area (Å²) in [5, 5.41) is 5.94. The van der Waals surface area contributed by atoms with Crippen molar-refractivity contribution in [2.45, 2.75) is 12.6 Å². The minimum Gasteiger partial charge on any atom is -0.311 e. The zero-order chi connectivity index (χ0) is 14.5. The van der Waals surface area contributed by atoms with E-state index in [4.69, 9.17) is 11.6 Å². The largest absolute Gasteiger partial charge is 0.311 e. The molecule has 0 saturated heterocycles. The average Bonchev–Trinajstić information content (AvgIpc) is 2.90. The summed E-state index contributed by atoms with van der Waals surface area (Å²) in [6.45, 7) is 1.45. The molecular formula is C15H18ClFN2S. The fourth-order valence-electron chi connectivity index (χ4n) is 2.03. The Hall–Kier alpha value is -0.940. The van der Waals surface area contributed by atoms with Crippen molar-refractivity contribution in [1.29, 1.82) is 0 Å². The summed E-state index contributed by atoms with van der Waals surface area (Å²) in [6.07, 6.45) is 0. The number of nitrogens with zero attached hydrogens (tertiary/aromatic N) is 1. The second kappa shape index (κ2) is 7.18. The number of hydrogen-bond donors (Lipinski definition) is 1. The van der Waals surface area contributed by atoms with Crippen LogP contribution in [0.1, 0.15) is 16.5 Å². The van der Waals surface area contributed by atoms with Gasteiger partial charge in [0, 0.05) is 23.0 Å². The number of rotatable bonds is 6. The SMILES string of the molecule is CN(C)C(CNCc1ccc(F)cc1Cl)c1cccs1. The Morgan fingerprint density at radius 2 is 2.15 bits per heavy atom. The molecule has 0 spiro atoms. The molecule has 0 aliphatic heterocycles. The van der Waals surface area contributed by atoms with Gasteiger partial charge in [0.2, 0.25) is 0 Å². The number of thiophene rings is 1. The fraction of sp³-hybridized carbons (Fsp3) is 0.333. The van der Waals surface area contributed by atoms with Gasteiger partial charge in [-0.05, 0) is 43.2 Å². The molecule has 1 atom stereocenters. The van der Waals surface area contributed by atoms with Crippen LogP contribution in [0.4, 0.5) is 4.39 Å². The van der Waals surface area contributed by atoms with Crippen molar-refractivity contribution in [3.8, 4) is 0 Å². The van der Waals surface area contributed by atoms with Crippen LogP contribution in [-0.2, 0) is 6.54 Å². The van der Waals surface area contributed by atoms with Crippen LogP contribution in [0.25, 0.3) is 0 Å². The molecule has 0 aliphatic carbocycles. The minimum absolute atomic E-state index is 0.302. The van der Waals surface area contributed by atoms with Gasteiger partial charge >= 0.3 is 0 Å². The van der Waals surface area contributed by atoms with Gasteiger partial charge in [-0.1, -0.05) is 23.7 Å². The van der Waals surface area contributed by atoms with Crippen LogP contribution in [0, 0.1) is 5.82 Å². The normalized spacial score (nSPS) is 12.8. The van der Waals surface area contributed by atoms with Gasteiger partial charge < -0.3 is 10.2 Å². The molecule has 0 fully saturated rings. The van der Waals surface area contributed by atoms with Crippen molar-refractivity contribution < 1.29 is 4.39 Å². The van der Waals surface area contributed by atoms with E-state index in [9.17, 15) is 4.39 Å². The standard InChI is InChI=1S/C15H18ClFN2S/c1-19(2)14(15-4-3-7-20-15)10-18-9-11-5-6-12(17)8-13(11)16/h3-8,14,18H,9-10H2,1-2H3. The molecule has 5 heteroatoms. The number of nitrogens with one attached hydrogen (secondary N) is 1. The molecule has 0 saturated carbocycles. The van der Waals surface area contributed by atoms with Gasteiger partial charge in [-0.15, -0.1) is 11.3 Å². The molecule has 1 aromatic heterocycles. The molecule has 20 heavy (non-hydrogen) atoms. The van der Waals surface area contributed by atoms with Crippen LogP contribution in [0.2, 0.25) is 5.02 Å². The molecule has 0 amide bonds. The highest BCUT2D eigenvalue weighted by Gasteiger charge is 2.14. The van der Waals surface area contributed by atoms with Gasteiger partial charge in [0.15, 0.2) is 0 Å². The fourth-order valence-corrected chi connectivity index (χ4v) is 3.18. The maximum atomic E-state index is 13.0. The van der Waals surface area contributed by atoms with E-state index in [1.54, 1.807) is 17.4 Å². The Kier molecular flexibility index (Phi) is 5.54. The van der Waals surface area contributed by atoms with Crippen molar-refractivity contribution in [1.82, 2.24) is 10.2 Å². The molecule has 1 aromatic carbocycles. The number of hydrogen-bond acceptors (Lipinski definition) is 3. The molecule has 1 N–H and O–H groups in total. The van der Waals surface area contributed by atoms with Crippen LogP contribution in [0.3, 0.4) is 0 Å². The Morgan fingerprint density at radius 3 is 2.75 bits per heavy atom. The summed E-state index contributed by atoms with van der Waals surface area (Å²) in [7, 11) is 4.13. The Balaban J connectivity index is 1.94. The lowest BCUT2D eigenvalue weighted by Gasteiger charge is -2.23. The second-order valence-electron chi connectivity index (χ2n) is 4.86. The van der Waals surface area contributed by atoms with Crippen LogP contribution in [-0.4, -0.2) is 25.5 Å². The predicted octanol–water partition coefficient (Wildman–Crippen LogP) is 3.93. The first-order chi connectivity index (χ1) is 9.58. The maximum Gasteiger partial charge on any atom is 0.124 e. The van der Waals surface area contributed by atoms with E-state index < -0.39 is 0 Å². The highest BCUT2D eigenvalue weighted by atomic mass is 35.5. The Morgan fingerprint density at radius 1 is 1.35 bits per heavy atom. The lowest BCUT2D eigenvalue weighted by atomic mass is 10.2. The van der Waals surface area contributed by atoms with E-state index in [1.807, 2.05) is 0 Å². The van der Waals surface area contributed by atoms with Crippen LogP contribution >= 0.6 is 22.9 Å². The summed E-state index contributed by atoms with van der Waals surface area (Å²) < 4.78 is 13.0. The molecule has 1 heterocycles. The molecule has 108 valence electrons. The first-order valence-corrected chi connectivity index (χ1v) is 7.68. The van der Waals surface area contributed by atoms with Gasteiger partial charge in [-0.25, -0.2) is 4.39 Å².